The molecule has 0 aromatic heterocycles. The molecule has 5 nitrogen and oxygen atoms in total. The van der Waals surface area contributed by atoms with Crippen molar-refractivity contribution in [3.05, 3.63) is 0 Å². The molecule has 5 heteroatoms. The number of nitrogens with one attached hydrogen (secondary N) is 1. The Morgan fingerprint density at radius 3 is 2.40 bits per heavy atom. The molecule has 1 unspecified atom stereocenters. The number of hydrogen-bond acceptors (Lipinski definition) is 3. The van der Waals surface area contributed by atoms with Crippen LogP contribution >= 0.6 is 0 Å². The molecular formula is C10H19NO4. The van der Waals surface area contributed by atoms with Crippen LogP contribution in [0.1, 0.15) is 27.2 Å². The van der Waals surface area contributed by atoms with Gasteiger partial charge in [-0.3, -0.25) is 4.79 Å². The van der Waals surface area contributed by atoms with Gasteiger partial charge < -0.3 is 15.2 Å². The van der Waals surface area contributed by atoms with Gasteiger partial charge in [-0.2, -0.15) is 0 Å². The monoisotopic (exact) mass is 217 g/mol. The van der Waals surface area contributed by atoms with Crippen molar-refractivity contribution >= 4 is 11.9 Å². The van der Waals surface area contributed by atoms with Gasteiger partial charge >= 0.3 is 5.97 Å². The molecule has 0 fully saturated rings. The molecular weight excluding hydrogens is 198 g/mol. The summed E-state index contributed by atoms with van der Waals surface area (Å²) in [6.07, 6.45) is 0.424. The van der Waals surface area contributed by atoms with Crippen LogP contribution in [0, 0.1) is 5.92 Å². The molecule has 0 saturated heterocycles. The maximum atomic E-state index is 11.2. The molecule has 0 rings (SSSR count). The third kappa shape index (κ3) is 6.90. The summed E-state index contributed by atoms with van der Waals surface area (Å²) in [6.45, 7) is 5.94. The summed E-state index contributed by atoms with van der Waals surface area (Å²) in [4.78, 5) is 22.0. The summed E-state index contributed by atoms with van der Waals surface area (Å²) in [5, 5.41) is 11.3. The lowest BCUT2D eigenvalue weighted by atomic mass is 10.0. The van der Waals surface area contributed by atoms with Crippen molar-refractivity contribution in [3.63, 3.8) is 0 Å². The van der Waals surface area contributed by atoms with Gasteiger partial charge in [0.1, 0.15) is 12.6 Å². The standard InChI is InChI=1S/C10H19NO4/c1-4-15-6-9(12)11-8(10(13)14)5-7(2)3/h7-8H,4-6H2,1-3H3,(H,11,12)(H,13,14). The number of carbonyl (C=O) groups is 2. The van der Waals surface area contributed by atoms with E-state index in [-0.39, 0.29) is 18.4 Å². The number of carboxylic acid groups (broad SMARTS) is 1. The minimum atomic E-state index is -1.01. The second kappa shape index (κ2) is 7.23. The molecule has 1 atom stereocenters. The third-order valence-electron chi connectivity index (χ3n) is 1.78. The number of rotatable bonds is 7. The first kappa shape index (κ1) is 13.9. The van der Waals surface area contributed by atoms with Gasteiger partial charge in [0.2, 0.25) is 5.91 Å². The summed E-state index contributed by atoms with van der Waals surface area (Å²) in [5.74, 6) is -1.17. The van der Waals surface area contributed by atoms with E-state index in [2.05, 4.69) is 5.32 Å². The van der Waals surface area contributed by atoms with Crippen LogP contribution in [0.15, 0.2) is 0 Å². The van der Waals surface area contributed by atoms with Crippen molar-refractivity contribution in [1.29, 1.82) is 0 Å². The van der Waals surface area contributed by atoms with Crippen LogP contribution in [0.25, 0.3) is 0 Å². The van der Waals surface area contributed by atoms with Crippen molar-refractivity contribution in [2.45, 2.75) is 33.2 Å². The van der Waals surface area contributed by atoms with E-state index in [1.807, 2.05) is 13.8 Å². The van der Waals surface area contributed by atoms with Gasteiger partial charge in [-0.05, 0) is 19.3 Å². The van der Waals surface area contributed by atoms with E-state index >= 15 is 0 Å². The van der Waals surface area contributed by atoms with Gasteiger partial charge in [0.15, 0.2) is 0 Å². The molecule has 0 bridgehead atoms. The van der Waals surface area contributed by atoms with Crippen LogP contribution in [0.5, 0.6) is 0 Å². The maximum absolute atomic E-state index is 11.2. The summed E-state index contributed by atoms with van der Waals surface area (Å²) >= 11 is 0. The van der Waals surface area contributed by atoms with Crippen LogP contribution in [-0.2, 0) is 14.3 Å². The van der Waals surface area contributed by atoms with Gasteiger partial charge in [0.25, 0.3) is 0 Å². The lowest BCUT2D eigenvalue weighted by Gasteiger charge is -2.16. The minimum Gasteiger partial charge on any atom is -0.480 e. The Labute approximate surface area is 89.8 Å². The van der Waals surface area contributed by atoms with Crippen molar-refractivity contribution in [1.82, 2.24) is 5.32 Å². The maximum Gasteiger partial charge on any atom is 0.326 e. The highest BCUT2D eigenvalue weighted by atomic mass is 16.5. The first-order valence-corrected chi connectivity index (χ1v) is 5.07. The van der Waals surface area contributed by atoms with Crippen LogP contribution in [0.2, 0.25) is 0 Å². The summed E-state index contributed by atoms with van der Waals surface area (Å²) in [7, 11) is 0. The van der Waals surface area contributed by atoms with Gasteiger partial charge in [-0.25, -0.2) is 4.79 Å². The molecule has 0 radical (unpaired) electrons. The Morgan fingerprint density at radius 2 is 2.00 bits per heavy atom. The molecule has 0 aromatic rings. The quantitative estimate of drug-likeness (QED) is 0.656. The Balaban J connectivity index is 4.05. The van der Waals surface area contributed by atoms with Crippen LogP contribution in [0.4, 0.5) is 0 Å². The first-order valence-electron chi connectivity index (χ1n) is 5.07. The van der Waals surface area contributed by atoms with Crippen molar-refractivity contribution < 1.29 is 19.4 Å². The van der Waals surface area contributed by atoms with E-state index in [4.69, 9.17) is 9.84 Å². The van der Waals surface area contributed by atoms with E-state index in [0.29, 0.717) is 13.0 Å². The fourth-order valence-corrected chi connectivity index (χ4v) is 1.12. The fraction of sp³-hybridized carbons (Fsp3) is 0.800. The highest BCUT2D eigenvalue weighted by Crippen LogP contribution is 2.04. The zero-order chi connectivity index (χ0) is 11.8. The summed E-state index contributed by atoms with van der Waals surface area (Å²) in [6, 6.07) is -0.821. The highest BCUT2D eigenvalue weighted by molar-refractivity contribution is 5.84. The molecule has 0 aliphatic carbocycles. The van der Waals surface area contributed by atoms with Crippen LogP contribution in [-0.4, -0.2) is 36.2 Å². The number of aliphatic carboxylic acids is 1. The average Bonchev–Trinajstić information content (AvgIpc) is 2.12. The lowest BCUT2D eigenvalue weighted by Crippen LogP contribution is -2.43. The third-order valence-corrected chi connectivity index (χ3v) is 1.78. The fourth-order valence-electron chi connectivity index (χ4n) is 1.12. The first-order chi connectivity index (χ1) is 6.97. The number of ether oxygens (including phenoxy) is 1. The van der Waals surface area contributed by atoms with Gasteiger partial charge in [0.05, 0.1) is 0 Å². The Morgan fingerprint density at radius 1 is 1.40 bits per heavy atom. The SMILES string of the molecule is CCOCC(=O)NC(CC(C)C)C(=O)O. The van der Waals surface area contributed by atoms with E-state index in [1.54, 1.807) is 6.92 Å². The van der Waals surface area contributed by atoms with Gasteiger partial charge in [0, 0.05) is 6.61 Å². The molecule has 0 aromatic carbocycles. The average molecular weight is 217 g/mol. The van der Waals surface area contributed by atoms with Gasteiger partial charge in [-0.15, -0.1) is 0 Å². The molecule has 0 aliphatic heterocycles. The molecule has 0 saturated carbocycles. The Hall–Kier alpha value is -1.10. The van der Waals surface area contributed by atoms with E-state index in [1.165, 1.54) is 0 Å². The molecule has 0 heterocycles. The van der Waals surface area contributed by atoms with Crippen molar-refractivity contribution in [2.75, 3.05) is 13.2 Å². The largest absolute Gasteiger partial charge is 0.480 e. The molecule has 1 amide bonds. The second-order valence-electron chi connectivity index (χ2n) is 3.73. The summed E-state index contributed by atoms with van der Waals surface area (Å²) in [5.41, 5.74) is 0. The number of carbonyl (C=O) groups excluding carboxylic acids is 1. The molecule has 0 aliphatic rings. The van der Waals surface area contributed by atoms with Crippen LogP contribution < -0.4 is 5.32 Å². The molecule has 15 heavy (non-hydrogen) atoms. The number of carboxylic acids is 1. The normalized spacial score (nSPS) is 12.5. The second-order valence-corrected chi connectivity index (χ2v) is 3.73. The lowest BCUT2D eigenvalue weighted by molar-refractivity contribution is -0.143. The predicted octanol–water partition coefficient (Wildman–Crippen LogP) is 0.638. The Bertz CT molecular complexity index is 215. The molecule has 0 spiro atoms. The predicted molar refractivity (Wildman–Crippen MR) is 55.5 cm³/mol. The van der Waals surface area contributed by atoms with E-state index < -0.39 is 12.0 Å². The smallest absolute Gasteiger partial charge is 0.326 e. The summed E-state index contributed by atoms with van der Waals surface area (Å²) < 4.78 is 4.88. The molecule has 88 valence electrons. The van der Waals surface area contributed by atoms with Crippen molar-refractivity contribution in [2.24, 2.45) is 5.92 Å². The topological polar surface area (TPSA) is 75.6 Å². The molecule has 2 N–H and O–H groups in total. The van der Waals surface area contributed by atoms with E-state index in [9.17, 15) is 9.59 Å². The number of amides is 1. The number of hydrogen-bond donors (Lipinski definition) is 2. The zero-order valence-electron chi connectivity index (χ0n) is 9.45. The minimum absolute atomic E-state index is 0.0849. The van der Waals surface area contributed by atoms with Gasteiger partial charge in [-0.1, -0.05) is 13.8 Å². The van der Waals surface area contributed by atoms with Crippen molar-refractivity contribution in [3.8, 4) is 0 Å². The Kier molecular flexibility index (Phi) is 6.70. The van der Waals surface area contributed by atoms with Crippen LogP contribution in [0.3, 0.4) is 0 Å². The van der Waals surface area contributed by atoms with E-state index in [0.717, 1.165) is 0 Å². The highest BCUT2D eigenvalue weighted by Gasteiger charge is 2.20. The zero-order valence-corrected chi connectivity index (χ0v) is 9.45.